The van der Waals surface area contributed by atoms with E-state index in [1.807, 2.05) is 0 Å². The molecule has 0 aliphatic carbocycles. The van der Waals surface area contributed by atoms with E-state index in [0.29, 0.717) is 0 Å². The normalized spacial score (nSPS) is 12.3. The van der Waals surface area contributed by atoms with E-state index in [4.69, 9.17) is 23.2 Å². The molecule has 0 rings (SSSR count). The number of rotatable bonds is 2. The molecule has 0 amide bonds. The molecule has 0 aromatic carbocycles. The monoisotopic (exact) mass is 170 g/mol. The number of carbonyl (C=O) groups excluding carboxylic acids is 2. The Bertz CT molecular complexity index is 132. The van der Waals surface area contributed by atoms with Gasteiger partial charge in [-0.05, 0) is 18.5 Å². The molecule has 52 valence electrons. The van der Waals surface area contributed by atoms with Gasteiger partial charge in [0.2, 0.25) is 0 Å². The van der Waals surface area contributed by atoms with E-state index in [2.05, 4.69) is 4.74 Å². The molecule has 0 fully saturated rings. The second-order valence-corrected chi connectivity index (χ2v) is 2.18. The molecule has 0 saturated carbocycles. The predicted octanol–water partition coefficient (Wildman–Crippen LogP) is 0.880. The van der Waals surface area contributed by atoms with Crippen LogP contribution in [-0.2, 0) is 14.3 Å². The first-order valence-corrected chi connectivity index (χ1v) is 2.90. The largest absolute Gasteiger partial charge is 0.440 e. The highest BCUT2D eigenvalue weighted by Crippen LogP contribution is 1.97. The Labute approximate surface area is 61.9 Å². The summed E-state index contributed by atoms with van der Waals surface area (Å²) in [5, 5.41) is -1.16. The lowest BCUT2D eigenvalue weighted by Crippen LogP contribution is -2.15. The van der Waals surface area contributed by atoms with Crippen molar-refractivity contribution in [1.82, 2.24) is 0 Å². The van der Waals surface area contributed by atoms with Gasteiger partial charge in [0.15, 0.2) is 5.56 Å². The first-order chi connectivity index (χ1) is 4.04. The summed E-state index contributed by atoms with van der Waals surface area (Å²) in [5.74, 6) is -1.13. The number of esters is 1. The summed E-state index contributed by atoms with van der Waals surface area (Å²) in [4.78, 5) is 20.1. The zero-order valence-electron chi connectivity index (χ0n) is 4.56. The van der Waals surface area contributed by atoms with Crippen LogP contribution in [0.25, 0.3) is 0 Å². The van der Waals surface area contributed by atoms with Crippen LogP contribution in [0.4, 0.5) is 0 Å². The van der Waals surface area contributed by atoms with Gasteiger partial charge in [-0.25, -0.2) is 4.79 Å². The number of halogens is 2. The third-order valence-corrected chi connectivity index (χ3v) is 0.673. The van der Waals surface area contributed by atoms with Gasteiger partial charge in [0.1, 0.15) is 0 Å². The van der Waals surface area contributed by atoms with Gasteiger partial charge < -0.3 is 4.74 Å². The molecule has 0 spiro atoms. The van der Waals surface area contributed by atoms with Crippen LogP contribution < -0.4 is 0 Å². The Morgan fingerprint density at radius 2 is 2.00 bits per heavy atom. The van der Waals surface area contributed by atoms with E-state index in [9.17, 15) is 9.59 Å². The molecule has 0 aliphatic heterocycles. The molecule has 0 aromatic rings. The van der Waals surface area contributed by atoms with E-state index < -0.39 is 16.8 Å². The third kappa shape index (κ3) is 4.24. The molecule has 0 bridgehead atoms. The van der Waals surface area contributed by atoms with Crippen LogP contribution in [-0.4, -0.2) is 16.8 Å². The third-order valence-electron chi connectivity index (χ3n) is 0.430. The van der Waals surface area contributed by atoms with E-state index in [1.165, 1.54) is 6.92 Å². The number of hydrogen-bond acceptors (Lipinski definition) is 3. The van der Waals surface area contributed by atoms with E-state index in [0.717, 1.165) is 0 Å². The maximum atomic E-state index is 10.2. The van der Waals surface area contributed by atoms with Crippen molar-refractivity contribution in [2.45, 2.75) is 12.5 Å². The van der Waals surface area contributed by atoms with Gasteiger partial charge >= 0.3 is 11.2 Å². The maximum Gasteiger partial charge on any atom is 0.392 e. The molecule has 0 N–H and O–H groups in total. The lowest BCUT2D eigenvalue weighted by molar-refractivity contribution is -0.151. The van der Waals surface area contributed by atoms with Gasteiger partial charge in [-0.2, -0.15) is 0 Å². The van der Waals surface area contributed by atoms with Crippen molar-refractivity contribution in [1.29, 1.82) is 0 Å². The smallest absolute Gasteiger partial charge is 0.392 e. The van der Waals surface area contributed by atoms with Gasteiger partial charge in [-0.1, -0.05) is 11.6 Å². The van der Waals surface area contributed by atoms with Gasteiger partial charge in [0, 0.05) is 0 Å². The second-order valence-electron chi connectivity index (χ2n) is 1.22. The zero-order chi connectivity index (χ0) is 7.44. The van der Waals surface area contributed by atoms with E-state index >= 15 is 0 Å². The predicted molar refractivity (Wildman–Crippen MR) is 32.3 cm³/mol. The molecule has 0 saturated heterocycles. The molecule has 0 heterocycles. The minimum absolute atomic E-state index is 0.819. The number of ether oxygens (including phenoxy) is 1. The fourth-order valence-electron chi connectivity index (χ4n) is 0.194. The quantitative estimate of drug-likeness (QED) is 0.268. The molecule has 0 aromatic heterocycles. The fraction of sp³-hybridized carbons (Fsp3) is 0.500. The van der Waals surface area contributed by atoms with Crippen molar-refractivity contribution < 1.29 is 14.3 Å². The zero-order valence-corrected chi connectivity index (χ0v) is 6.07. The first kappa shape index (κ1) is 8.72. The van der Waals surface area contributed by atoms with Crippen LogP contribution >= 0.6 is 23.2 Å². The lowest BCUT2D eigenvalue weighted by Gasteiger charge is -2.00. The van der Waals surface area contributed by atoms with Crippen molar-refractivity contribution in [2.24, 2.45) is 0 Å². The van der Waals surface area contributed by atoms with Crippen LogP contribution in [0.15, 0.2) is 0 Å². The van der Waals surface area contributed by atoms with Crippen molar-refractivity contribution in [3.05, 3.63) is 0 Å². The Kier molecular flexibility index (Phi) is 3.58. The summed E-state index contributed by atoms with van der Waals surface area (Å²) < 4.78 is 4.16. The molecule has 9 heavy (non-hydrogen) atoms. The number of hydrogen-bond donors (Lipinski definition) is 0. The van der Waals surface area contributed by atoms with Crippen LogP contribution in [0.5, 0.6) is 0 Å². The maximum absolute atomic E-state index is 10.2. The van der Waals surface area contributed by atoms with E-state index in [-0.39, 0.29) is 0 Å². The highest BCUT2D eigenvalue weighted by molar-refractivity contribution is 6.80. The molecular weight excluding hydrogens is 167 g/mol. The summed E-state index contributed by atoms with van der Waals surface area (Å²) in [6, 6.07) is 0. The molecule has 0 radical (unpaired) electrons. The minimum Gasteiger partial charge on any atom is -0.440 e. The SMILES string of the molecule is CC(Cl)OC(=O)C(=O)Cl. The summed E-state index contributed by atoms with van der Waals surface area (Å²) in [5.41, 5.74) is -0.819. The highest BCUT2D eigenvalue weighted by atomic mass is 35.5. The molecule has 0 aliphatic rings. The van der Waals surface area contributed by atoms with Crippen molar-refractivity contribution in [3.8, 4) is 0 Å². The average Bonchev–Trinajstić information content (AvgIpc) is 1.63. The lowest BCUT2D eigenvalue weighted by atomic mass is 10.7. The van der Waals surface area contributed by atoms with Crippen molar-refractivity contribution in [2.75, 3.05) is 0 Å². The Balaban J connectivity index is 3.65. The van der Waals surface area contributed by atoms with Gasteiger partial charge in [-0.3, -0.25) is 4.79 Å². The van der Waals surface area contributed by atoms with Crippen molar-refractivity contribution >= 4 is 34.4 Å². The Hall–Kier alpha value is -0.280. The average molecular weight is 171 g/mol. The molecule has 1 unspecified atom stereocenters. The van der Waals surface area contributed by atoms with Crippen LogP contribution in [0.1, 0.15) is 6.92 Å². The summed E-state index contributed by atoms with van der Waals surface area (Å²) in [7, 11) is 0. The number of alkyl halides is 1. The number of carbonyl (C=O) groups is 2. The Morgan fingerprint density at radius 1 is 1.56 bits per heavy atom. The summed E-state index contributed by atoms with van der Waals surface area (Å²) in [6.45, 7) is 1.40. The van der Waals surface area contributed by atoms with Crippen LogP contribution in [0.2, 0.25) is 0 Å². The Morgan fingerprint density at radius 3 is 2.11 bits per heavy atom. The molecule has 3 nitrogen and oxygen atoms in total. The van der Waals surface area contributed by atoms with Crippen LogP contribution in [0.3, 0.4) is 0 Å². The van der Waals surface area contributed by atoms with Gasteiger partial charge in [0.05, 0.1) is 0 Å². The molecule has 5 heteroatoms. The topological polar surface area (TPSA) is 43.4 Å². The molecular formula is C4H4Cl2O3. The van der Waals surface area contributed by atoms with E-state index in [1.54, 1.807) is 0 Å². The van der Waals surface area contributed by atoms with Gasteiger partial charge in [-0.15, -0.1) is 0 Å². The highest BCUT2D eigenvalue weighted by Gasteiger charge is 2.13. The fourth-order valence-corrected chi connectivity index (χ4v) is 0.319. The summed E-state index contributed by atoms with van der Waals surface area (Å²) in [6.07, 6.45) is 0. The minimum atomic E-state index is -1.16. The van der Waals surface area contributed by atoms with Crippen LogP contribution in [0, 0.1) is 0 Å². The summed E-state index contributed by atoms with van der Waals surface area (Å²) >= 11 is 9.86. The van der Waals surface area contributed by atoms with Crippen molar-refractivity contribution in [3.63, 3.8) is 0 Å². The standard InChI is InChI=1S/C4H4Cl2O3/c1-2(5)9-4(8)3(6)7/h2H,1H3. The molecule has 1 atom stereocenters. The first-order valence-electron chi connectivity index (χ1n) is 2.08. The van der Waals surface area contributed by atoms with Gasteiger partial charge in [0.25, 0.3) is 0 Å². The second kappa shape index (κ2) is 3.69.